The second kappa shape index (κ2) is 8.83. The third-order valence-electron chi connectivity index (χ3n) is 4.86. The molecular formula is C19H26N8O. The first-order chi connectivity index (χ1) is 13.8. The van der Waals surface area contributed by atoms with E-state index in [1.54, 1.807) is 6.26 Å². The van der Waals surface area contributed by atoms with Gasteiger partial charge < -0.3 is 14.7 Å². The fourth-order valence-electron chi connectivity index (χ4n) is 3.42. The SMILES string of the molecule is CCNC(=NCCc1nnc2ccccn12)N1CCN(Cc2ccon2)CC1. The van der Waals surface area contributed by atoms with Crippen LogP contribution in [-0.2, 0) is 13.0 Å². The molecule has 0 atom stereocenters. The van der Waals surface area contributed by atoms with Gasteiger partial charge in [0, 0.05) is 64.5 Å². The van der Waals surface area contributed by atoms with Gasteiger partial charge in [-0.3, -0.25) is 14.3 Å². The molecular weight excluding hydrogens is 356 g/mol. The molecule has 3 aromatic rings. The first-order valence-corrected chi connectivity index (χ1v) is 9.77. The van der Waals surface area contributed by atoms with Crippen molar-refractivity contribution < 1.29 is 4.52 Å². The molecule has 1 saturated heterocycles. The lowest BCUT2D eigenvalue weighted by molar-refractivity contribution is 0.169. The third-order valence-corrected chi connectivity index (χ3v) is 4.86. The average Bonchev–Trinajstić information content (AvgIpc) is 3.38. The van der Waals surface area contributed by atoms with Crippen LogP contribution < -0.4 is 5.32 Å². The maximum absolute atomic E-state index is 4.92. The number of fused-ring (bicyclic) bond motifs is 1. The fraction of sp³-hybridized carbons (Fsp3) is 0.474. The van der Waals surface area contributed by atoms with Crippen molar-refractivity contribution in [1.29, 1.82) is 0 Å². The average molecular weight is 382 g/mol. The predicted molar refractivity (Wildman–Crippen MR) is 106 cm³/mol. The minimum absolute atomic E-state index is 0.678. The molecule has 4 rings (SSSR count). The summed E-state index contributed by atoms with van der Waals surface area (Å²) in [7, 11) is 0. The van der Waals surface area contributed by atoms with E-state index < -0.39 is 0 Å². The zero-order valence-electron chi connectivity index (χ0n) is 16.2. The summed E-state index contributed by atoms with van der Waals surface area (Å²) in [6.45, 7) is 8.30. The minimum Gasteiger partial charge on any atom is -0.364 e. The number of nitrogens with zero attached hydrogens (tertiary/aromatic N) is 7. The molecule has 0 bridgehead atoms. The second-order valence-corrected chi connectivity index (χ2v) is 6.78. The van der Waals surface area contributed by atoms with Gasteiger partial charge in [-0.05, 0) is 19.1 Å². The number of aromatic nitrogens is 4. The molecule has 0 saturated carbocycles. The van der Waals surface area contributed by atoms with Crippen molar-refractivity contribution in [3.05, 3.63) is 48.2 Å². The Kier molecular flexibility index (Phi) is 5.81. The smallest absolute Gasteiger partial charge is 0.194 e. The summed E-state index contributed by atoms with van der Waals surface area (Å²) in [6.07, 6.45) is 4.38. The summed E-state index contributed by atoms with van der Waals surface area (Å²) in [5, 5.41) is 15.9. The maximum Gasteiger partial charge on any atom is 0.194 e. The molecule has 9 heteroatoms. The van der Waals surface area contributed by atoms with E-state index in [1.807, 2.05) is 34.9 Å². The summed E-state index contributed by atoms with van der Waals surface area (Å²) in [5.74, 6) is 1.91. The van der Waals surface area contributed by atoms with E-state index in [0.717, 1.165) is 68.8 Å². The van der Waals surface area contributed by atoms with Crippen LogP contribution in [0.1, 0.15) is 18.4 Å². The summed E-state index contributed by atoms with van der Waals surface area (Å²) in [6, 6.07) is 7.84. The van der Waals surface area contributed by atoms with Crippen LogP contribution >= 0.6 is 0 Å². The second-order valence-electron chi connectivity index (χ2n) is 6.78. The lowest BCUT2D eigenvalue weighted by atomic mass is 10.3. The van der Waals surface area contributed by atoms with Crippen LogP contribution in [-0.4, -0.2) is 74.8 Å². The van der Waals surface area contributed by atoms with Crippen molar-refractivity contribution >= 4 is 11.6 Å². The Labute approximate surface area is 164 Å². The number of rotatable bonds is 6. The third kappa shape index (κ3) is 4.30. The Morgan fingerprint density at radius 3 is 2.86 bits per heavy atom. The number of hydrogen-bond acceptors (Lipinski definition) is 6. The van der Waals surface area contributed by atoms with Crippen LogP contribution in [0.4, 0.5) is 0 Å². The van der Waals surface area contributed by atoms with Gasteiger partial charge in [0.15, 0.2) is 11.6 Å². The predicted octanol–water partition coefficient (Wildman–Crippen LogP) is 1.04. The van der Waals surface area contributed by atoms with E-state index in [0.29, 0.717) is 6.54 Å². The molecule has 0 amide bonds. The highest BCUT2D eigenvalue weighted by atomic mass is 16.5. The largest absolute Gasteiger partial charge is 0.364 e. The van der Waals surface area contributed by atoms with Gasteiger partial charge in [-0.1, -0.05) is 11.2 Å². The Morgan fingerprint density at radius 1 is 1.18 bits per heavy atom. The Hall–Kier alpha value is -2.94. The Bertz CT molecular complexity index is 896. The van der Waals surface area contributed by atoms with Crippen molar-refractivity contribution in [3.63, 3.8) is 0 Å². The number of aliphatic imine (C=N–C) groups is 1. The molecule has 28 heavy (non-hydrogen) atoms. The molecule has 0 aromatic carbocycles. The van der Waals surface area contributed by atoms with Crippen LogP contribution in [0.2, 0.25) is 0 Å². The number of hydrogen-bond donors (Lipinski definition) is 1. The first-order valence-electron chi connectivity index (χ1n) is 9.77. The normalized spacial score (nSPS) is 16.0. The number of piperazine rings is 1. The molecule has 4 heterocycles. The highest BCUT2D eigenvalue weighted by Crippen LogP contribution is 2.08. The van der Waals surface area contributed by atoms with Gasteiger partial charge in [-0.25, -0.2) is 0 Å². The molecule has 1 fully saturated rings. The number of guanidine groups is 1. The molecule has 9 nitrogen and oxygen atoms in total. The van der Waals surface area contributed by atoms with E-state index >= 15 is 0 Å². The molecule has 1 aliphatic rings. The first kappa shape index (κ1) is 18.4. The Balaban J connectivity index is 1.33. The van der Waals surface area contributed by atoms with E-state index in [9.17, 15) is 0 Å². The molecule has 1 aliphatic heterocycles. The van der Waals surface area contributed by atoms with Gasteiger partial charge >= 0.3 is 0 Å². The summed E-state index contributed by atoms with van der Waals surface area (Å²) >= 11 is 0. The van der Waals surface area contributed by atoms with Gasteiger partial charge in [0.25, 0.3) is 0 Å². The van der Waals surface area contributed by atoms with E-state index in [4.69, 9.17) is 9.52 Å². The fourth-order valence-corrected chi connectivity index (χ4v) is 3.42. The Morgan fingerprint density at radius 2 is 2.07 bits per heavy atom. The summed E-state index contributed by atoms with van der Waals surface area (Å²) in [5.41, 5.74) is 1.85. The number of pyridine rings is 1. The topological polar surface area (TPSA) is 87.1 Å². The molecule has 0 unspecified atom stereocenters. The van der Waals surface area contributed by atoms with Crippen molar-refractivity contribution in [2.45, 2.75) is 19.9 Å². The van der Waals surface area contributed by atoms with E-state index in [-0.39, 0.29) is 0 Å². The van der Waals surface area contributed by atoms with Crippen LogP contribution in [0.5, 0.6) is 0 Å². The van der Waals surface area contributed by atoms with Crippen molar-refractivity contribution in [2.24, 2.45) is 4.99 Å². The molecule has 3 aromatic heterocycles. The zero-order chi connectivity index (χ0) is 19.2. The standard InChI is InChI=1S/C19H26N8O/c1-2-20-19(21-8-6-18-23-22-17-5-3-4-9-27(17)18)26-12-10-25(11-13-26)15-16-7-14-28-24-16/h3-5,7,9,14H,2,6,8,10-13,15H2,1H3,(H,20,21). The summed E-state index contributed by atoms with van der Waals surface area (Å²) in [4.78, 5) is 9.54. The van der Waals surface area contributed by atoms with E-state index in [1.165, 1.54) is 0 Å². The minimum atomic E-state index is 0.678. The highest BCUT2D eigenvalue weighted by Gasteiger charge is 2.20. The molecule has 0 aliphatic carbocycles. The van der Waals surface area contributed by atoms with Crippen molar-refractivity contribution in [3.8, 4) is 0 Å². The van der Waals surface area contributed by atoms with Gasteiger partial charge in [0.05, 0.1) is 5.69 Å². The van der Waals surface area contributed by atoms with Gasteiger partial charge in [0.1, 0.15) is 12.1 Å². The number of nitrogens with one attached hydrogen (secondary N) is 1. The van der Waals surface area contributed by atoms with Gasteiger partial charge in [0.2, 0.25) is 0 Å². The van der Waals surface area contributed by atoms with Gasteiger partial charge in [-0.15, -0.1) is 10.2 Å². The molecule has 148 valence electrons. The monoisotopic (exact) mass is 382 g/mol. The molecule has 0 spiro atoms. The maximum atomic E-state index is 4.92. The van der Waals surface area contributed by atoms with Crippen LogP contribution in [0.25, 0.3) is 5.65 Å². The van der Waals surface area contributed by atoms with Crippen LogP contribution in [0.3, 0.4) is 0 Å². The quantitative estimate of drug-likeness (QED) is 0.503. The van der Waals surface area contributed by atoms with Crippen molar-refractivity contribution in [2.75, 3.05) is 39.3 Å². The lowest BCUT2D eigenvalue weighted by Crippen LogP contribution is -2.52. The molecule has 1 N–H and O–H groups in total. The zero-order valence-corrected chi connectivity index (χ0v) is 16.2. The summed E-state index contributed by atoms with van der Waals surface area (Å²) < 4.78 is 6.94. The van der Waals surface area contributed by atoms with E-state index in [2.05, 4.69) is 37.4 Å². The van der Waals surface area contributed by atoms with Crippen molar-refractivity contribution in [1.82, 2.24) is 34.9 Å². The molecule has 0 radical (unpaired) electrons. The highest BCUT2D eigenvalue weighted by molar-refractivity contribution is 5.80. The lowest BCUT2D eigenvalue weighted by Gasteiger charge is -2.36. The van der Waals surface area contributed by atoms with Crippen LogP contribution in [0.15, 0.2) is 46.2 Å². The van der Waals surface area contributed by atoms with Gasteiger partial charge in [-0.2, -0.15) is 0 Å². The van der Waals surface area contributed by atoms with Crippen LogP contribution in [0, 0.1) is 0 Å².